The summed E-state index contributed by atoms with van der Waals surface area (Å²) < 4.78 is 39.8. The molecule has 1 aliphatic carbocycles. The summed E-state index contributed by atoms with van der Waals surface area (Å²) >= 11 is 0. The first-order chi connectivity index (χ1) is 10.3. The van der Waals surface area contributed by atoms with Crippen LogP contribution in [-0.4, -0.2) is 30.0 Å². The van der Waals surface area contributed by atoms with E-state index in [1.54, 1.807) is 0 Å². The fourth-order valence-electron chi connectivity index (χ4n) is 2.62. The smallest absolute Gasteiger partial charge is 0.406 e. The van der Waals surface area contributed by atoms with Crippen molar-refractivity contribution in [2.75, 3.05) is 6.54 Å². The lowest BCUT2D eigenvalue weighted by Crippen LogP contribution is -2.35. The lowest BCUT2D eigenvalue weighted by Gasteiger charge is -2.18. The molecular formula is C15H18F3NO3. The molecule has 2 N–H and O–H groups in total. The summed E-state index contributed by atoms with van der Waals surface area (Å²) in [6, 6.07) is 4.66. The van der Waals surface area contributed by atoms with Crippen molar-refractivity contribution < 1.29 is 27.8 Å². The number of carbonyl (C=O) groups excluding carboxylic acids is 1. The van der Waals surface area contributed by atoms with Crippen LogP contribution in [0.3, 0.4) is 0 Å². The quantitative estimate of drug-likeness (QED) is 0.878. The first-order valence-corrected chi connectivity index (χ1v) is 7.17. The van der Waals surface area contributed by atoms with Crippen LogP contribution >= 0.6 is 0 Å². The summed E-state index contributed by atoms with van der Waals surface area (Å²) in [4.78, 5) is 11.9. The molecule has 2 rings (SSSR count). The van der Waals surface area contributed by atoms with E-state index >= 15 is 0 Å². The van der Waals surface area contributed by atoms with Crippen LogP contribution in [0.15, 0.2) is 24.3 Å². The largest absolute Gasteiger partial charge is 0.573 e. The van der Waals surface area contributed by atoms with E-state index in [9.17, 15) is 23.1 Å². The molecule has 0 aliphatic heterocycles. The Hall–Kier alpha value is -1.76. The van der Waals surface area contributed by atoms with Gasteiger partial charge in [-0.1, -0.05) is 12.8 Å². The average Bonchev–Trinajstić information content (AvgIpc) is 2.97. The number of amides is 1. The van der Waals surface area contributed by atoms with E-state index in [1.807, 2.05) is 0 Å². The molecule has 0 radical (unpaired) electrons. The van der Waals surface area contributed by atoms with Crippen LogP contribution in [0.1, 0.15) is 36.0 Å². The van der Waals surface area contributed by atoms with Crippen LogP contribution in [0.25, 0.3) is 0 Å². The number of hydrogen-bond acceptors (Lipinski definition) is 3. The maximum atomic E-state index is 12.0. The molecule has 7 heteroatoms. The molecule has 122 valence electrons. The molecule has 0 spiro atoms. The minimum atomic E-state index is -4.75. The van der Waals surface area contributed by atoms with Crippen LogP contribution in [0.5, 0.6) is 5.75 Å². The van der Waals surface area contributed by atoms with Gasteiger partial charge in [-0.05, 0) is 43.0 Å². The molecule has 4 nitrogen and oxygen atoms in total. The average molecular weight is 317 g/mol. The number of nitrogens with one attached hydrogen (secondary N) is 1. The van der Waals surface area contributed by atoms with Crippen molar-refractivity contribution in [2.45, 2.75) is 38.1 Å². The molecule has 1 fully saturated rings. The summed E-state index contributed by atoms with van der Waals surface area (Å²) in [6.07, 6.45) is -1.23. The van der Waals surface area contributed by atoms with Crippen molar-refractivity contribution in [3.63, 3.8) is 0 Å². The van der Waals surface area contributed by atoms with E-state index in [2.05, 4.69) is 10.1 Å². The molecule has 22 heavy (non-hydrogen) atoms. The second-order valence-corrected chi connectivity index (χ2v) is 5.39. The minimum Gasteiger partial charge on any atom is -0.406 e. The second-order valence-electron chi connectivity index (χ2n) is 5.39. The van der Waals surface area contributed by atoms with Gasteiger partial charge in [0.05, 0.1) is 6.10 Å². The zero-order valence-electron chi connectivity index (χ0n) is 11.9. The minimum absolute atomic E-state index is 0.143. The number of aliphatic hydroxyl groups excluding tert-OH is 1. The van der Waals surface area contributed by atoms with Crippen molar-refractivity contribution >= 4 is 5.91 Å². The van der Waals surface area contributed by atoms with E-state index in [-0.39, 0.29) is 23.8 Å². The van der Waals surface area contributed by atoms with Crippen molar-refractivity contribution in [3.05, 3.63) is 29.8 Å². The second kappa shape index (κ2) is 7.00. The van der Waals surface area contributed by atoms with Crippen molar-refractivity contribution in [1.29, 1.82) is 0 Å². The number of alkyl halides is 3. The van der Waals surface area contributed by atoms with Crippen LogP contribution in [0, 0.1) is 5.92 Å². The van der Waals surface area contributed by atoms with Crippen molar-refractivity contribution in [1.82, 2.24) is 5.32 Å². The zero-order valence-corrected chi connectivity index (χ0v) is 11.9. The summed E-state index contributed by atoms with van der Waals surface area (Å²) in [7, 11) is 0. The van der Waals surface area contributed by atoms with Crippen LogP contribution in [0.2, 0.25) is 0 Å². The summed E-state index contributed by atoms with van der Waals surface area (Å²) in [5.41, 5.74) is 0.216. The van der Waals surface area contributed by atoms with Gasteiger partial charge in [0.1, 0.15) is 5.75 Å². The molecule has 1 unspecified atom stereocenters. The topological polar surface area (TPSA) is 58.6 Å². The molecule has 0 saturated heterocycles. The third-order valence-electron chi connectivity index (χ3n) is 3.77. The van der Waals surface area contributed by atoms with Gasteiger partial charge in [0.2, 0.25) is 0 Å². The third kappa shape index (κ3) is 4.91. The Kier molecular flexibility index (Phi) is 5.28. The lowest BCUT2D eigenvalue weighted by atomic mass is 10.0. The molecule has 0 bridgehead atoms. The molecule has 1 aliphatic rings. The van der Waals surface area contributed by atoms with Gasteiger partial charge in [0.25, 0.3) is 5.91 Å². The Balaban J connectivity index is 1.84. The number of hydrogen-bond donors (Lipinski definition) is 2. The fraction of sp³-hybridized carbons (Fsp3) is 0.533. The summed E-state index contributed by atoms with van der Waals surface area (Å²) in [6.45, 7) is 0.143. The molecule has 0 aromatic heterocycles. The van der Waals surface area contributed by atoms with Gasteiger partial charge >= 0.3 is 6.36 Å². The van der Waals surface area contributed by atoms with Gasteiger partial charge in [-0.15, -0.1) is 13.2 Å². The predicted molar refractivity (Wildman–Crippen MR) is 73.4 cm³/mol. The maximum Gasteiger partial charge on any atom is 0.573 e. The molecule has 1 amide bonds. The Bertz CT molecular complexity index is 496. The monoisotopic (exact) mass is 317 g/mol. The molecule has 1 aromatic rings. The van der Waals surface area contributed by atoms with Gasteiger partial charge in [-0.25, -0.2) is 0 Å². The Morgan fingerprint density at radius 2 is 1.86 bits per heavy atom. The van der Waals surface area contributed by atoms with E-state index in [0.29, 0.717) is 0 Å². The Morgan fingerprint density at radius 3 is 2.41 bits per heavy atom. The standard InChI is InChI=1S/C15H18F3NO3/c16-15(17,18)22-12-7-5-11(6-8-12)14(21)19-9-13(20)10-3-1-2-4-10/h5-8,10,13,20H,1-4,9H2,(H,19,21). The number of ether oxygens (including phenoxy) is 1. The number of halogens is 3. The van der Waals surface area contributed by atoms with Crippen molar-refractivity contribution in [3.8, 4) is 5.75 Å². The fourth-order valence-corrected chi connectivity index (χ4v) is 2.62. The normalized spacial score (nSPS) is 17.3. The SMILES string of the molecule is O=C(NCC(O)C1CCCC1)c1ccc(OC(F)(F)F)cc1. The zero-order chi connectivity index (χ0) is 16.2. The highest BCUT2D eigenvalue weighted by Crippen LogP contribution is 2.27. The first kappa shape index (κ1) is 16.6. The van der Waals surface area contributed by atoms with Gasteiger partial charge in [0, 0.05) is 12.1 Å². The number of aliphatic hydroxyl groups is 1. The summed E-state index contributed by atoms with van der Waals surface area (Å²) in [5.74, 6) is -0.603. The van der Waals surface area contributed by atoms with Crippen molar-refractivity contribution in [2.24, 2.45) is 5.92 Å². The van der Waals surface area contributed by atoms with Gasteiger partial charge in [-0.2, -0.15) is 0 Å². The summed E-state index contributed by atoms with van der Waals surface area (Å²) in [5, 5.41) is 12.5. The number of benzene rings is 1. The molecule has 0 heterocycles. The Morgan fingerprint density at radius 1 is 1.27 bits per heavy atom. The van der Waals surface area contributed by atoms with E-state index in [1.165, 1.54) is 12.1 Å². The first-order valence-electron chi connectivity index (χ1n) is 7.17. The van der Waals surface area contributed by atoms with E-state index in [4.69, 9.17) is 0 Å². The molecule has 1 atom stereocenters. The highest BCUT2D eigenvalue weighted by molar-refractivity contribution is 5.94. The number of carbonyl (C=O) groups is 1. The highest BCUT2D eigenvalue weighted by Gasteiger charge is 2.31. The van der Waals surface area contributed by atoms with Crippen LogP contribution in [0.4, 0.5) is 13.2 Å². The predicted octanol–water partition coefficient (Wildman–Crippen LogP) is 2.87. The molecule has 1 aromatic carbocycles. The third-order valence-corrected chi connectivity index (χ3v) is 3.77. The lowest BCUT2D eigenvalue weighted by molar-refractivity contribution is -0.274. The molecular weight excluding hydrogens is 299 g/mol. The van der Waals surface area contributed by atoms with E-state index < -0.39 is 18.4 Å². The molecule has 1 saturated carbocycles. The van der Waals surface area contributed by atoms with E-state index in [0.717, 1.165) is 37.8 Å². The maximum absolute atomic E-state index is 12.0. The van der Waals surface area contributed by atoms with Gasteiger partial charge in [0.15, 0.2) is 0 Å². The van der Waals surface area contributed by atoms with Gasteiger partial charge < -0.3 is 15.2 Å². The Labute approximate surface area is 126 Å². The van der Waals surface area contributed by atoms with Gasteiger partial charge in [-0.3, -0.25) is 4.79 Å². The van der Waals surface area contributed by atoms with Crippen LogP contribution < -0.4 is 10.1 Å². The highest BCUT2D eigenvalue weighted by atomic mass is 19.4. The van der Waals surface area contributed by atoms with Crippen LogP contribution in [-0.2, 0) is 0 Å². The number of rotatable bonds is 5.